The molecule has 0 aromatic heterocycles. The van der Waals surface area contributed by atoms with Gasteiger partial charge in [0.25, 0.3) is 0 Å². The molecule has 2 saturated heterocycles. The van der Waals surface area contributed by atoms with Crippen molar-refractivity contribution >= 4 is 5.97 Å². The van der Waals surface area contributed by atoms with Gasteiger partial charge in [-0.15, -0.1) is 0 Å². The number of hydrogen-bond donors (Lipinski definition) is 2. The molecule has 1 saturated carbocycles. The van der Waals surface area contributed by atoms with Gasteiger partial charge >= 0.3 is 5.97 Å². The Morgan fingerprint density at radius 2 is 2.03 bits per heavy atom. The maximum Gasteiger partial charge on any atom is 0.339 e. The molecule has 2 aromatic carbocycles. The lowest BCUT2D eigenvalue weighted by Crippen LogP contribution is -2.44. The number of nitrogens with zero attached hydrogens (tertiary/aromatic N) is 2. The standard InChI is InChI=1S/C31H35FN4O2/c1-3-28(29-22-6-8-23(15-22)35-29)34-24(18-33)14-21-5-4-20(17-27(21)32)19-7-9-25-26(16-19)31(38-30(25)37)10-12-36(2)13-11-31/h3-5,7,9,16-17,22-24,29,34-35H,6,8,10-15H2,1-2H3/b28-3-/t22?,23?,24-,29?/m0/s1. The Kier molecular flexibility index (Phi) is 6.49. The van der Waals surface area contributed by atoms with Crippen LogP contribution >= 0.6 is 0 Å². The van der Waals surface area contributed by atoms with Crippen molar-refractivity contribution < 1.29 is 13.9 Å². The third-order valence-corrected chi connectivity index (χ3v) is 9.13. The summed E-state index contributed by atoms with van der Waals surface area (Å²) in [5.74, 6) is 0.0102. The fourth-order valence-corrected chi connectivity index (χ4v) is 6.92. The zero-order chi connectivity index (χ0) is 26.4. The third-order valence-electron chi connectivity index (χ3n) is 9.13. The van der Waals surface area contributed by atoms with Crippen LogP contribution in [0.2, 0.25) is 0 Å². The molecule has 3 unspecified atom stereocenters. The second kappa shape index (κ2) is 9.83. The van der Waals surface area contributed by atoms with Gasteiger partial charge in [-0.1, -0.05) is 24.3 Å². The Balaban J connectivity index is 1.19. The molecule has 3 fully saturated rings. The van der Waals surface area contributed by atoms with Gasteiger partial charge in [-0.3, -0.25) is 0 Å². The largest absolute Gasteiger partial charge is 0.450 e. The van der Waals surface area contributed by atoms with Gasteiger partial charge in [0.15, 0.2) is 0 Å². The number of nitrogens with one attached hydrogen (secondary N) is 2. The van der Waals surface area contributed by atoms with E-state index in [1.165, 1.54) is 19.3 Å². The van der Waals surface area contributed by atoms with E-state index in [2.05, 4.69) is 28.7 Å². The molecule has 6 rings (SSSR count). The third kappa shape index (κ3) is 4.40. The number of rotatable bonds is 6. The molecule has 3 heterocycles. The second-order valence-corrected chi connectivity index (χ2v) is 11.4. The van der Waals surface area contributed by atoms with Crippen LogP contribution < -0.4 is 10.6 Å². The number of carbonyl (C=O) groups excluding carboxylic acids is 1. The summed E-state index contributed by atoms with van der Waals surface area (Å²) in [5.41, 5.74) is 4.10. The second-order valence-electron chi connectivity index (χ2n) is 11.4. The van der Waals surface area contributed by atoms with Gasteiger partial charge in [-0.2, -0.15) is 5.26 Å². The molecule has 0 amide bonds. The average Bonchev–Trinajstić information content (AvgIpc) is 3.63. The van der Waals surface area contributed by atoms with Crippen LogP contribution in [-0.4, -0.2) is 49.1 Å². The molecule has 2 N–H and O–H groups in total. The van der Waals surface area contributed by atoms with Crippen molar-refractivity contribution in [2.24, 2.45) is 5.92 Å². The lowest BCUT2D eigenvalue weighted by molar-refractivity contribution is -0.0394. The fraction of sp³-hybridized carbons (Fsp3) is 0.484. The lowest BCUT2D eigenvalue weighted by Gasteiger charge is -2.37. The number of hydrogen-bond acceptors (Lipinski definition) is 6. The molecule has 4 aliphatic rings. The fourth-order valence-electron chi connectivity index (χ4n) is 6.92. The Labute approximate surface area is 223 Å². The van der Waals surface area contributed by atoms with Crippen LogP contribution in [0, 0.1) is 23.1 Å². The van der Waals surface area contributed by atoms with Crippen LogP contribution in [0.15, 0.2) is 48.2 Å². The van der Waals surface area contributed by atoms with Gasteiger partial charge < -0.3 is 20.3 Å². The molecular formula is C31H35FN4O2. The molecule has 198 valence electrons. The summed E-state index contributed by atoms with van der Waals surface area (Å²) >= 11 is 0. The molecule has 38 heavy (non-hydrogen) atoms. The molecule has 7 heteroatoms. The quantitative estimate of drug-likeness (QED) is 0.547. The summed E-state index contributed by atoms with van der Waals surface area (Å²) in [6.45, 7) is 3.72. The molecule has 0 radical (unpaired) electrons. The molecule has 2 bridgehead atoms. The van der Waals surface area contributed by atoms with Gasteiger partial charge in [0.1, 0.15) is 17.5 Å². The molecule has 4 atom stereocenters. The van der Waals surface area contributed by atoms with E-state index < -0.39 is 11.6 Å². The van der Waals surface area contributed by atoms with Crippen LogP contribution in [0.5, 0.6) is 0 Å². The van der Waals surface area contributed by atoms with Crippen molar-refractivity contribution in [3.05, 3.63) is 70.7 Å². The van der Waals surface area contributed by atoms with Crippen molar-refractivity contribution in [1.82, 2.24) is 15.5 Å². The Morgan fingerprint density at radius 3 is 2.68 bits per heavy atom. The SMILES string of the molecule is C/C=C(\N[C@H](C#N)Cc1ccc(-c2ccc3c(c2)C2(CCN(C)CC2)OC3=O)cc1F)C1NC2CCC1C2. The molecule has 2 aromatic rings. The number of allylic oxidation sites excluding steroid dienone is 1. The van der Waals surface area contributed by atoms with E-state index in [1.54, 1.807) is 12.1 Å². The van der Waals surface area contributed by atoms with E-state index >= 15 is 4.39 Å². The van der Waals surface area contributed by atoms with Crippen molar-refractivity contribution in [3.63, 3.8) is 0 Å². The van der Waals surface area contributed by atoms with Crippen molar-refractivity contribution in [2.75, 3.05) is 20.1 Å². The van der Waals surface area contributed by atoms with Gasteiger partial charge in [-0.05, 0) is 74.0 Å². The monoisotopic (exact) mass is 514 g/mol. The highest BCUT2D eigenvalue weighted by Crippen LogP contribution is 2.45. The minimum absolute atomic E-state index is 0.255. The van der Waals surface area contributed by atoms with Crippen LogP contribution in [0.1, 0.15) is 60.5 Å². The van der Waals surface area contributed by atoms with Crippen LogP contribution in [0.4, 0.5) is 4.39 Å². The van der Waals surface area contributed by atoms with Crippen LogP contribution in [0.25, 0.3) is 11.1 Å². The Bertz CT molecular complexity index is 1320. The minimum Gasteiger partial charge on any atom is -0.450 e. The molecule has 3 aliphatic heterocycles. The van der Waals surface area contributed by atoms with E-state index in [0.29, 0.717) is 23.1 Å². The first-order valence-electron chi connectivity index (χ1n) is 13.8. The van der Waals surface area contributed by atoms with E-state index in [9.17, 15) is 10.1 Å². The van der Waals surface area contributed by atoms with Crippen molar-refractivity contribution in [2.45, 2.75) is 69.2 Å². The number of nitriles is 1. The Morgan fingerprint density at radius 1 is 1.26 bits per heavy atom. The number of fused-ring (bicyclic) bond motifs is 4. The maximum absolute atomic E-state index is 15.4. The highest BCUT2D eigenvalue weighted by molar-refractivity contribution is 5.95. The van der Waals surface area contributed by atoms with E-state index in [0.717, 1.165) is 48.3 Å². The molecule has 1 spiro atoms. The average molecular weight is 515 g/mol. The first kappa shape index (κ1) is 25.1. The Hall–Kier alpha value is -3.21. The zero-order valence-corrected chi connectivity index (χ0v) is 22.1. The summed E-state index contributed by atoms with van der Waals surface area (Å²) in [6.07, 6.45) is 7.48. The number of piperidine rings is 2. The van der Waals surface area contributed by atoms with E-state index in [4.69, 9.17) is 4.74 Å². The first-order valence-corrected chi connectivity index (χ1v) is 13.8. The summed E-state index contributed by atoms with van der Waals surface area (Å²) in [7, 11) is 2.08. The lowest BCUT2D eigenvalue weighted by atomic mass is 9.82. The summed E-state index contributed by atoms with van der Waals surface area (Å²) < 4.78 is 21.3. The minimum atomic E-state index is -0.586. The summed E-state index contributed by atoms with van der Waals surface area (Å²) in [6, 6.07) is 13.5. The van der Waals surface area contributed by atoms with Gasteiger partial charge in [0.05, 0.1) is 11.6 Å². The number of halogens is 1. The smallest absolute Gasteiger partial charge is 0.339 e. The van der Waals surface area contributed by atoms with Gasteiger partial charge in [0.2, 0.25) is 0 Å². The highest BCUT2D eigenvalue weighted by Gasteiger charge is 2.47. The van der Waals surface area contributed by atoms with Crippen molar-refractivity contribution in [1.29, 1.82) is 5.26 Å². The molecule has 1 aliphatic carbocycles. The van der Waals surface area contributed by atoms with E-state index in [1.807, 2.05) is 37.3 Å². The normalized spacial score (nSPS) is 26.7. The molecule has 6 nitrogen and oxygen atoms in total. The van der Waals surface area contributed by atoms with Gasteiger partial charge in [0, 0.05) is 55.7 Å². The predicted molar refractivity (Wildman–Crippen MR) is 144 cm³/mol. The predicted octanol–water partition coefficient (Wildman–Crippen LogP) is 4.65. The number of likely N-dealkylation sites (tertiary alicyclic amines) is 1. The number of benzene rings is 2. The summed E-state index contributed by atoms with van der Waals surface area (Å²) in [4.78, 5) is 14.8. The van der Waals surface area contributed by atoms with Crippen LogP contribution in [-0.2, 0) is 16.8 Å². The number of carbonyl (C=O) groups is 1. The first-order chi connectivity index (χ1) is 18.4. The zero-order valence-electron chi connectivity index (χ0n) is 22.1. The summed E-state index contributed by atoms with van der Waals surface area (Å²) in [5, 5.41) is 16.9. The number of esters is 1. The van der Waals surface area contributed by atoms with Crippen molar-refractivity contribution in [3.8, 4) is 17.2 Å². The van der Waals surface area contributed by atoms with Crippen LogP contribution in [0.3, 0.4) is 0 Å². The number of ether oxygens (including phenoxy) is 1. The highest BCUT2D eigenvalue weighted by atomic mass is 19.1. The molecular weight excluding hydrogens is 479 g/mol. The topological polar surface area (TPSA) is 77.4 Å². The maximum atomic E-state index is 15.4. The van der Waals surface area contributed by atoms with Gasteiger partial charge in [-0.25, -0.2) is 9.18 Å². The van der Waals surface area contributed by atoms with E-state index in [-0.39, 0.29) is 24.2 Å².